The normalized spacial score (nSPS) is 9.33. The molecule has 0 aromatic carbocycles. The first-order valence-corrected chi connectivity index (χ1v) is 2.67. The SMILES string of the molecule is O=C(P)C(Cl)Cl. The van der Waals surface area contributed by atoms with Gasteiger partial charge >= 0.3 is 0 Å². The third-order valence-corrected chi connectivity index (χ3v) is 1.40. The maximum atomic E-state index is 9.84. The van der Waals surface area contributed by atoms with Crippen molar-refractivity contribution in [2.45, 2.75) is 4.84 Å². The quantitative estimate of drug-likeness (QED) is 0.400. The molecule has 0 aliphatic rings. The summed E-state index contributed by atoms with van der Waals surface area (Å²) in [6.45, 7) is 0. The molecule has 0 bridgehead atoms. The van der Waals surface area contributed by atoms with Gasteiger partial charge in [-0.05, 0) is 0 Å². The summed E-state index contributed by atoms with van der Waals surface area (Å²) in [6.07, 6.45) is 0. The standard InChI is InChI=1S/C2H3Cl2OP/c3-1(4)2(5)6/h1H,6H2. The minimum absolute atomic E-state index is 0.293. The molecule has 0 aliphatic carbocycles. The van der Waals surface area contributed by atoms with Gasteiger partial charge in [0.05, 0.1) is 0 Å². The average molecular weight is 145 g/mol. The summed E-state index contributed by atoms with van der Waals surface area (Å²) in [4.78, 5) is 8.96. The lowest BCUT2D eigenvalue weighted by Crippen LogP contribution is -1.94. The Bertz CT molecular complexity index is 62.6. The minimum Gasteiger partial charge on any atom is -0.292 e. The van der Waals surface area contributed by atoms with E-state index in [9.17, 15) is 4.79 Å². The molecule has 0 aromatic rings. The zero-order valence-electron chi connectivity index (χ0n) is 2.82. The second kappa shape index (κ2) is 2.79. The van der Waals surface area contributed by atoms with Crippen LogP contribution in [-0.2, 0) is 4.79 Å². The van der Waals surface area contributed by atoms with Gasteiger partial charge in [-0.15, -0.1) is 0 Å². The molecule has 0 spiro atoms. The highest BCUT2D eigenvalue weighted by Crippen LogP contribution is 2.06. The predicted octanol–water partition coefficient (Wildman–Crippen LogP) is 1.19. The molecule has 1 nitrogen and oxygen atoms in total. The first-order valence-electron chi connectivity index (χ1n) is 1.22. The Morgan fingerprint density at radius 2 is 1.83 bits per heavy atom. The fourth-order valence-corrected chi connectivity index (χ4v) is 0. The van der Waals surface area contributed by atoms with Crippen LogP contribution in [-0.4, -0.2) is 10.4 Å². The summed E-state index contributed by atoms with van der Waals surface area (Å²) < 4.78 is 0. The summed E-state index contributed by atoms with van der Waals surface area (Å²) >= 11 is 10.0. The molecule has 36 valence electrons. The summed E-state index contributed by atoms with van der Waals surface area (Å²) in [5.41, 5.74) is -0.293. The average Bonchev–Trinajstić information content (AvgIpc) is 1.36. The van der Waals surface area contributed by atoms with Gasteiger partial charge in [-0.3, -0.25) is 4.79 Å². The van der Waals surface area contributed by atoms with Crippen LogP contribution in [0.2, 0.25) is 0 Å². The minimum atomic E-state index is -0.880. The molecule has 0 saturated heterocycles. The molecular formula is C2H3Cl2OP. The van der Waals surface area contributed by atoms with Crippen LogP contribution < -0.4 is 0 Å². The maximum absolute atomic E-state index is 9.84. The second-order valence-corrected chi connectivity index (χ2v) is 2.37. The second-order valence-electron chi connectivity index (χ2n) is 0.703. The molecule has 0 aromatic heterocycles. The third kappa shape index (κ3) is 2.89. The van der Waals surface area contributed by atoms with Gasteiger partial charge < -0.3 is 0 Å². The monoisotopic (exact) mass is 144 g/mol. The smallest absolute Gasteiger partial charge is 0.180 e. The number of carbonyl (C=O) groups is 1. The van der Waals surface area contributed by atoms with Gasteiger partial charge in [-0.25, -0.2) is 0 Å². The van der Waals surface area contributed by atoms with E-state index in [0.29, 0.717) is 0 Å². The van der Waals surface area contributed by atoms with Crippen molar-refractivity contribution >= 4 is 38.0 Å². The van der Waals surface area contributed by atoms with Crippen LogP contribution in [0.1, 0.15) is 0 Å². The molecular weight excluding hydrogens is 142 g/mol. The number of hydrogen-bond donors (Lipinski definition) is 0. The maximum Gasteiger partial charge on any atom is 0.180 e. The number of hydrogen-bond acceptors (Lipinski definition) is 1. The van der Waals surface area contributed by atoms with Gasteiger partial charge in [0.1, 0.15) is 0 Å². The summed E-state index contributed by atoms with van der Waals surface area (Å²) in [5.74, 6) is 0. The first-order chi connectivity index (χ1) is 2.64. The van der Waals surface area contributed by atoms with Gasteiger partial charge in [0, 0.05) is 0 Å². The van der Waals surface area contributed by atoms with Gasteiger partial charge in [0.15, 0.2) is 10.4 Å². The predicted molar refractivity (Wildman–Crippen MR) is 30.2 cm³/mol. The Morgan fingerprint density at radius 1 is 1.67 bits per heavy atom. The van der Waals surface area contributed by atoms with Crippen molar-refractivity contribution in [2.24, 2.45) is 0 Å². The third-order valence-electron chi connectivity index (χ3n) is 0.215. The lowest BCUT2D eigenvalue weighted by molar-refractivity contribution is -0.109. The van der Waals surface area contributed by atoms with Gasteiger partial charge in [0.2, 0.25) is 0 Å². The van der Waals surface area contributed by atoms with Crippen LogP contribution in [0.3, 0.4) is 0 Å². The van der Waals surface area contributed by atoms with E-state index in [-0.39, 0.29) is 5.52 Å². The summed E-state index contributed by atoms with van der Waals surface area (Å²) in [5, 5.41) is 0. The van der Waals surface area contributed by atoms with Crippen molar-refractivity contribution in [2.75, 3.05) is 0 Å². The number of halogens is 2. The number of rotatable bonds is 1. The molecule has 4 heteroatoms. The summed E-state index contributed by atoms with van der Waals surface area (Å²) in [6, 6.07) is 0. The van der Waals surface area contributed by atoms with Crippen LogP contribution >= 0.6 is 32.4 Å². The Kier molecular flexibility index (Phi) is 3.10. The fraction of sp³-hybridized carbons (Fsp3) is 0.500. The Hall–Kier alpha value is 0.680. The van der Waals surface area contributed by atoms with E-state index in [0.717, 1.165) is 0 Å². The summed E-state index contributed by atoms with van der Waals surface area (Å²) in [7, 11) is 1.87. The van der Waals surface area contributed by atoms with Crippen LogP contribution in [0, 0.1) is 0 Å². The van der Waals surface area contributed by atoms with E-state index in [2.05, 4.69) is 0 Å². The fourth-order valence-electron chi connectivity index (χ4n) is 0. The molecule has 0 amide bonds. The Balaban J connectivity index is 3.26. The van der Waals surface area contributed by atoms with Crippen LogP contribution in [0.4, 0.5) is 0 Å². The van der Waals surface area contributed by atoms with Gasteiger partial charge in [0.25, 0.3) is 0 Å². The molecule has 0 radical (unpaired) electrons. The largest absolute Gasteiger partial charge is 0.292 e. The highest BCUT2D eigenvalue weighted by Gasteiger charge is 2.01. The topological polar surface area (TPSA) is 17.1 Å². The Labute approximate surface area is 48.2 Å². The first kappa shape index (κ1) is 6.68. The molecule has 0 aliphatic heterocycles. The van der Waals surface area contributed by atoms with E-state index >= 15 is 0 Å². The van der Waals surface area contributed by atoms with E-state index < -0.39 is 4.84 Å². The molecule has 1 unspecified atom stereocenters. The molecule has 0 saturated carbocycles. The highest BCUT2D eigenvalue weighted by molar-refractivity contribution is 7.41. The Morgan fingerprint density at radius 3 is 1.83 bits per heavy atom. The van der Waals surface area contributed by atoms with Crippen molar-refractivity contribution in [3.8, 4) is 0 Å². The van der Waals surface area contributed by atoms with Crippen LogP contribution in [0.15, 0.2) is 0 Å². The molecule has 0 fully saturated rings. The molecule has 0 N–H and O–H groups in total. The molecule has 0 heterocycles. The van der Waals surface area contributed by atoms with E-state index in [4.69, 9.17) is 23.2 Å². The zero-order valence-corrected chi connectivity index (χ0v) is 5.49. The lowest BCUT2D eigenvalue weighted by Gasteiger charge is -1.85. The number of carbonyl (C=O) groups excluding carboxylic acids is 1. The van der Waals surface area contributed by atoms with Crippen molar-refractivity contribution in [1.82, 2.24) is 0 Å². The molecule has 1 atom stereocenters. The van der Waals surface area contributed by atoms with Gasteiger partial charge in [-0.2, -0.15) is 0 Å². The van der Waals surface area contributed by atoms with Crippen molar-refractivity contribution in [3.05, 3.63) is 0 Å². The number of alkyl halides is 2. The van der Waals surface area contributed by atoms with E-state index in [1.54, 1.807) is 0 Å². The van der Waals surface area contributed by atoms with Crippen molar-refractivity contribution in [3.63, 3.8) is 0 Å². The highest BCUT2D eigenvalue weighted by atomic mass is 35.5. The molecule has 0 rings (SSSR count). The van der Waals surface area contributed by atoms with E-state index in [1.165, 1.54) is 0 Å². The van der Waals surface area contributed by atoms with Crippen molar-refractivity contribution in [1.29, 1.82) is 0 Å². The molecule has 6 heavy (non-hydrogen) atoms. The zero-order chi connectivity index (χ0) is 5.15. The van der Waals surface area contributed by atoms with Crippen LogP contribution in [0.5, 0.6) is 0 Å². The van der Waals surface area contributed by atoms with Crippen LogP contribution in [0.25, 0.3) is 0 Å². The van der Waals surface area contributed by atoms with Crippen molar-refractivity contribution < 1.29 is 4.79 Å². The van der Waals surface area contributed by atoms with Gasteiger partial charge in [-0.1, -0.05) is 32.4 Å². The lowest BCUT2D eigenvalue weighted by atomic mass is 10.9. The van der Waals surface area contributed by atoms with E-state index in [1.807, 2.05) is 9.24 Å².